The highest BCUT2D eigenvalue weighted by atomic mass is 35.5. The lowest BCUT2D eigenvalue weighted by Crippen LogP contribution is -2.14. The summed E-state index contributed by atoms with van der Waals surface area (Å²) in [6.45, 7) is 6.13. The van der Waals surface area contributed by atoms with E-state index in [1.54, 1.807) is 11.8 Å². The van der Waals surface area contributed by atoms with Crippen molar-refractivity contribution in [3.8, 4) is 0 Å². The molecule has 20 heavy (non-hydrogen) atoms. The molecule has 0 radical (unpaired) electrons. The summed E-state index contributed by atoms with van der Waals surface area (Å²) in [6, 6.07) is 7.92. The van der Waals surface area contributed by atoms with E-state index < -0.39 is 0 Å². The third kappa shape index (κ3) is 3.78. The fourth-order valence-electron chi connectivity index (χ4n) is 2.02. The van der Waals surface area contributed by atoms with Crippen molar-refractivity contribution in [1.82, 2.24) is 15.1 Å². The molecule has 0 aliphatic heterocycles. The Morgan fingerprint density at radius 2 is 2.00 bits per heavy atom. The van der Waals surface area contributed by atoms with Crippen molar-refractivity contribution in [1.29, 1.82) is 0 Å². The fourth-order valence-corrected chi connectivity index (χ4v) is 3.15. The van der Waals surface area contributed by atoms with E-state index in [0.717, 1.165) is 30.2 Å². The Labute approximate surface area is 129 Å². The number of hydrogen-bond acceptors (Lipinski definition) is 3. The van der Waals surface area contributed by atoms with Gasteiger partial charge in [0, 0.05) is 29.1 Å². The molecule has 3 nitrogen and oxygen atoms in total. The predicted molar refractivity (Wildman–Crippen MR) is 85.5 cm³/mol. The Morgan fingerprint density at radius 3 is 2.65 bits per heavy atom. The zero-order valence-electron chi connectivity index (χ0n) is 12.1. The van der Waals surface area contributed by atoms with Crippen molar-refractivity contribution in [2.24, 2.45) is 7.05 Å². The molecule has 1 aromatic heterocycles. The van der Waals surface area contributed by atoms with Crippen molar-refractivity contribution in [3.63, 3.8) is 0 Å². The summed E-state index contributed by atoms with van der Waals surface area (Å²) in [7, 11) is 1.99. The summed E-state index contributed by atoms with van der Waals surface area (Å²) in [6.07, 6.45) is 1.14. The number of benzene rings is 1. The molecular formula is C15H20ClN3S. The number of rotatable bonds is 6. The van der Waals surface area contributed by atoms with Crippen LogP contribution in [0.5, 0.6) is 0 Å². The molecule has 0 unspecified atom stereocenters. The molecule has 0 fully saturated rings. The van der Waals surface area contributed by atoms with E-state index in [9.17, 15) is 0 Å². The zero-order valence-corrected chi connectivity index (χ0v) is 13.7. The van der Waals surface area contributed by atoms with E-state index in [0.29, 0.717) is 0 Å². The van der Waals surface area contributed by atoms with Crippen LogP contribution in [-0.4, -0.2) is 16.3 Å². The van der Waals surface area contributed by atoms with Gasteiger partial charge in [0.2, 0.25) is 0 Å². The second kappa shape index (κ2) is 7.16. The lowest BCUT2D eigenvalue weighted by Gasteiger charge is -2.07. The topological polar surface area (TPSA) is 29.9 Å². The van der Waals surface area contributed by atoms with Gasteiger partial charge in [-0.1, -0.05) is 30.3 Å². The Balaban J connectivity index is 2.19. The molecule has 1 heterocycles. The van der Waals surface area contributed by atoms with Crippen molar-refractivity contribution in [2.75, 3.05) is 6.54 Å². The van der Waals surface area contributed by atoms with E-state index in [1.807, 2.05) is 36.0 Å². The van der Waals surface area contributed by atoms with Crippen LogP contribution < -0.4 is 5.32 Å². The predicted octanol–water partition coefficient (Wildman–Crippen LogP) is 4.03. The van der Waals surface area contributed by atoms with Gasteiger partial charge >= 0.3 is 0 Å². The number of aromatic nitrogens is 2. The smallest absolute Gasteiger partial charge is 0.103 e. The van der Waals surface area contributed by atoms with Crippen molar-refractivity contribution in [3.05, 3.63) is 40.5 Å². The molecule has 0 aliphatic rings. The summed E-state index contributed by atoms with van der Waals surface area (Å²) in [4.78, 5) is 1.18. The molecule has 2 rings (SSSR count). The van der Waals surface area contributed by atoms with Crippen LogP contribution in [0.3, 0.4) is 0 Å². The Bertz CT molecular complexity index is 563. The minimum absolute atomic E-state index is 0.764. The van der Waals surface area contributed by atoms with E-state index >= 15 is 0 Å². The second-order valence-corrected chi connectivity index (χ2v) is 6.22. The van der Waals surface area contributed by atoms with Gasteiger partial charge in [-0.05, 0) is 44.2 Å². The summed E-state index contributed by atoms with van der Waals surface area (Å²) < 4.78 is 1.96. The molecule has 0 atom stereocenters. The largest absolute Gasteiger partial charge is 0.313 e. The Kier molecular flexibility index (Phi) is 5.52. The second-order valence-electron chi connectivity index (χ2n) is 4.73. The molecule has 1 N–H and O–H groups in total. The Morgan fingerprint density at radius 1 is 1.30 bits per heavy atom. The lowest BCUT2D eigenvalue weighted by molar-refractivity contribution is 0.653. The van der Waals surface area contributed by atoms with Gasteiger partial charge in [-0.2, -0.15) is 5.10 Å². The first kappa shape index (κ1) is 15.4. The lowest BCUT2D eigenvalue weighted by atomic mass is 10.2. The Hall–Kier alpha value is -0.970. The first-order chi connectivity index (χ1) is 9.61. The third-order valence-electron chi connectivity index (χ3n) is 3.05. The molecule has 1 aromatic carbocycles. The van der Waals surface area contributed by atoms with Crippen molar-refractivity contribution >= 4 is 23.4 Å². The molecule has 0 spiro atoms. The SMILES string of the molecule is CCCNCc1c(C)nn(C)c1Sc1ccc(Cl)cc1. The van der Waals surface area contributed by atoms with E-state index in [-0.39, 0.29) is 0 Å². The van der Waals surface area contributed by atoms with Gasteiger partial charge in [0.25, 0.3) is 0 Å². The summed E-state index contributed by atoms with van der Waals surface area (Å²) >= 11 is 7.66. The zero-order chi connectivity index (χ0) is 14.5. The monoisotopic (exact) mass is 309 g/mol. The highest BCUT2D eigenvalue weighted by Gasteiger charge is 2.14. The van der Waals surface area contributed by atoms with Crippen LogP contribution in [0, 0.1) is 6.92 Å². The maximum atomic E-state index is 5.93. The van der Waals surface area contributed by atoms with Gasteiger partial charge in [-0.3, -0.25) is 4.68 Å². The minimum Gasteiger partial charge on any atom is -0.313 e. The summed E-state index contributed by atoms with van der Waals surface area (Å²) in [5, 5.41) is 9.94. The summed E-state index contributed by atoms with van der Waals surface area (Å²) in [5.74, 6) is 0. The van der Waals surface area contributed by atoms with E-state index in [4.69, 9.17) is 11.6 Å². The van der Waals surface area contributed by atoms with Crippen LogP contribution >= 0.6 is 23.4 Å². The van der Waals surface area contributed by atoms with Gasteiger partial charge < -0.3 is 5.32 Å². The number of halogens is 1. The van der Waals surface area contributed by atoms with Crippen LogP contribution in [0.25, 0.3) is 0 Å². The highest BCUT2D eigenvalue weighted by molar-refractivity contribution is 7.99. The maximum Gasteiger partial charge on any atom is 0.103 e. The normalized spacial score (nSPS) is 11.0. The van der Waals surface area contributed by atoms with Crippen LogP contribution in [0.1, 0.15) is 24.6 Å². The molecule has 0 amide bonds. The van der Waals surface area contributed by atoms with Gasteiger partial charge in [0.1, 0.15) is 5.03 Å². The molecule has 0 aliphatic carbocycles. The van der Waals surface area contributed by atoms with Crippen LogP contribution in [0.4, 0.5) is 0 Å². The van der Waals surface area contributed by atoms with Gasteiger partial charge in [-0.15, -0.1) is 0 Å². The average Bonchev–Trinajstić information content (AvgIpc) is 2.68. The molecular weight excluding hydrogens is 290 g/mol. The summed E-state index contributed by atoms with van der Waals surface area (Å²) in [5.41, 5.74) is 2.37. The van der Waals surface area contributed by atoms with Crippen LogP contribution in [-0.2, 0) is 13.6 Å². The van der Waals surface area contributed by atoms with Crippen LogP contribution in [0.2, 0.25) is 5.02 Å². The van der Waals surface area contributed by atoms with Crippen molar-refractivity contribution in [2.45, 2.75) is 36.7 Å². The first-order valence-corrected chi connectivity index (χ1v) is 7.98. The first-order valence-electron chi connectivity index (χ1n) is 6.78. The van der Waals surface area contributed by atoms with Gasteiger partial charge in [-0.25, -0.2) is 0 Å². The number of nitrogens with one attached hydrogen (secondary N) is 1. The molecule has 0 bridgehead atoms. The van der Waals surface area contributed by atoms with Gasteiger partial charge in [0.15, 0.2) is 0 Å². The maximum absolute atomic E-state index is 5.93. The number of hydrogen-bond donors (Lipinski definition) is 1. The minimum atomic E-state index is 0.764. The molecule has 5 heteroatoms. The van der Waals surface area contributed by atoms with Crippen LogP contribution in [0.15, 0.2) is 34.2 Å². The fraction of sp³-hybridized carbons (Fsp3) is 0.400. The molecule has 108 valence electrons. The van der Waals surface area contributed by atoms with E-state index in [2.05, 4.69) is 24.3 Å². The number of aryl methyl sites for hydroxylation is 2. The quantitative estimate of drug-likeness (QED) is 0.817. The third-order valence-corrected chi connectivity index (χ3v) is 4.51. The molecule has 0 saturated heterocycles. The highest BCUT2D eigenvalue weighted by Crippen LogP contribution is 2.32. The van der Waals surface area contributed by atoms with Gasteiger partial charge in [0.05, 0.1) is 5.69 Å². The number of nitrogens with zero attached hydrogens (tertiary/aromatic N) is 2. The standard InChI is InChI=1S/C15H20ClN3S/c1-4-9-17-10-14-11(2)18-19(3)15(14)20-13-7-5-12(16)6-8-13/h5-8,17H,4,9-10H2,1-3H3. The molecule has 0 saturated carbocycles. The average molecular weight is 310 g/mol. The molecule has 2 aromatic rings. The van der Waals surface area contributed by atoms with Crippen molar-refractivity contribution < 1.29 is 0 Å². The van der Waals surface area contributed by atoms with E-state index in [1.165, 1.54) is 15.5 Å².